The van der Waals surface area contributed by atoms with E-state index in [0.29, 0.717) is 36.0 Å². The van der Waals surface area contributed by atoms with Gasteiger partial charge in [0, 0.05) is 11.8 Å². The topological polar surface area (TPSA) is 142 Å². The molecule has 0 fully saturated rings. The lowest BCUT2D eigenvalue weighted by atomic mass is 9.95. The standard InChI is InChI=1S/C23H27NO9S/c1-34(29,30)20-12-10-19(11-13-20)22(21(16-25)18-8-4-2-5-9-18)17-32-23(26)31-14-6-3-7-15-33-24(27)28/h2,4-5,8-13,25H,3,6-7,14-17H2,1H3/b22-21-. The third-order valence-electron chi connectivity index (χ3n) is 4.82. The van der Waals surface area contributed by atoms with E-state index in [0.717, 1.165) is 11.8 Å². The fourth-order valence-corrected chi connectivity index (χ4v) is 3.73. The molecule has 11 heteroatoms. The Morgan fingerprint density at radius 1 is 0.912 bits per heavy atom. The molecule has 10 nitrogen and oxygen atoms in total. The van der Waals surface area contributed by atoms with Crippen LogP contribution in [0.1, 0.15) is 30.4 Å². The molecule has 0 aliphatic rings. The molecular weight excluding hydrogens is 466 g/mol. The van der Waals surface area contributed by atoms with Crippen LogP contribution in [0, 0.1) is 10.1 Å². The van der Waals surface area contributed by atoms with Gasteiger partial charge in [-0.1, -0.05) is 42.5 Å². The fraction of sp³-hybridized carbons (Fsp3) is 0.348. The Labute approximate surface area is 197 Å². The molecule has 184 valence electrons. The van der Waals surface area contributed by atoms with E-state index in [4.69, 9.17) is 9.47 Å². The molecule has 2 rings (SSSR count). The van der Waals surface area contributed by atoms with Crippen molar-refractivity contribution in [2.24, 2.45) is 0 Å². The molecule has 0 spiro atoms. The Balaban J connectivity index is 2.09. The highest BCUT2D eigenvalue weighted by molar-refractivity contribution is 7.90. The fourth-order valence-electron chi connectivity index (χ4n) is 3.10. The van der Waals surface area contributed by atoms with Crippen LogP contribution >= 0.6 is 0 Å². The number of ether oxygens (including phenoxy) is 2. The molecule has 0 saturated carbocycles. The minimum absolute atomic E-state index is 0.0207. The summed E-state index contributed by atoms with van der Waals surface area (Å²) in [5.41, 5.74) is 2.33. The summed E-state index contributed by atoms with van der Waals surface area (Å²) in [6.45, 7) is -0.492. The highest BCUT2D eigenvalue weighted by Gasteiger charge is 2.16. The third kappa shape index (κ3) is 8.83. The van der Waals surface area contributed by atoms with Gasteiger partial charge in [-0.2, -0.15) is 0 Å². The Morgan fingerprint density at radius 2 is 1.53 bits per heavy atom. The van der Waals surface area contributed by atoms with Crippen molar-refractivity contribution in [1.29, 1.82) is 0 Å². The minimum Gasteiger partial charge on any atom is -0.434 e. The van der Waals surface area contributed by atoms with Gasteiger partial charge in [-0.3, -0.25) is 0 Å². The summed E-state index contributed by atoms with van der Waals surface area (Å²) in [5.74, 6) is 0. The van der Waals surface area contributed by atoms with Crippen molar-refractivity contribution in [3.05, 3.63) is 75.8 Å². The summed E-state index contributed by atoms with van der Waals surface area (Å²) >= 11 is 0. The van der Waals surface area contributed by atoms with Crippen LogP contribution in [0.3, 0.4) is 0 Å². The first-order chi connectivity index (χ1) is 16.2. The molecule has 0 amide bonds. The van der Waals surface area contributed by atoms with E-state index >= 15 is 0 Å². The van der Waals surface area contributed by atoms with Gasteiger partial charge in [-0.25, -0.2) is 13.2 Å². The normalized spacial score (nSPS) is 11.9. The summed E-state index contributed by atoms with van der Waals surface area (Å²) in [4.78, 5) is 26.5. The van der Waals surface area contributed by atoms with Crippen LogP contribution in [0.15, 0.2) is 59.5 Å². The molecule has 1 N–H and O–H groups in total. The van der Waals surface area contributed by atoms with E-state index in [2.05, 4.69) is 4.84 Å². The predicted molar refractivity (Wildman–Crippen MR) is 124 cm³/mol. The van der Waals surface area contributed by atoms with Crippen molar-refractivity contribution < 1.29 is 37.7 Å². The van der Waals surface area contributed by atoms with Crippen molar-refractivity contribution in [2.45, 2.75) is 24.2 Å². The van der Waals surface area contributed by atoms with Gasteiger partial charge in [-0.15, -0.1) is 10.1 Å². The maximum Gasteiger partial charge on any atom is 0.508 e. The van der Waals surface area contributed by atoms with Gasteiger partial charge in [-0.05, 0) is 48.1 Å². The molecule has 0 atom stereocenters. The van der Waals surface area contributed by atoms with Crippen molar-refractivity contribution in [3.8, 4) is 0 Å². The second kappa shape index (κ2) is 13.3. The lowest BCUT2D eigenvalue weighted by molar-refractivity contribution is -0.757. The molecule has 0 aromatic heterocycles. The predicted octanol–water partition coefficient (Wildman–Crippen LogP) is 3.53. The number of aliphatic hydroxyl groups is 1. The highest BCUT2D eigenvalue weighted by atomic mass is 32.2. The van der Waals surface area contributed by atoms with E-state index < -0.39 is 21.1 Å². The van der Waals surface area contributed by atoms with Crippen LogP contribution < -0.4 is 0 Å². The molecule has 0 radical (unpaired) electrons. The van der Waals surface area contributed by atoms with Crippen molar-refractivity contribution >= 4 is 27.1 Å². The van der Waals surface area contributed by atoms with Gasteiger partial charge >= 0.3 is 6.16 Å². The number of sulfone groups is 1. The number of hydrogen-bond donors (Lipinski definition) is 1. The number of unbranched alkanes of at least 4 members (excludes halogenated alkanes) is 2. The summed E-state index contributed by atoms with van der Waals surface area (Å²) in [5, 5.41) is 19.3. The van der Waals surface area contributed by atoms with Gasteiger partial charge in [0.2, 0.25) is 0 Å². The Bertz CT molecular complexity index is 1080. The van der Waals surface area contributed by atoms with Gasteiger partial charge in [0.05, 0.1) is 24.7 Å². The maximum atomic E-state index is 12.1. The number of aliphatic hydroxyl groups excluding tert-OH is 1. The highest BCUT2D eigenvalue weighted by Crippen LogP contribution is 2.27. The molecule has 0 heterocycles. The number of benzene rings is 2. The second-order valence-corrected chi connectivity index (χ2v) is 9.30. The van der Waals surface area contributed by atoms with Gasteiger partial charge in [0.15, 0.2) is 9.84 Å². The van der Waals surface area contributed by atoms with Crippen LogP contribution in [-0.2, 0) is 24.1 Å². The Kier molecular flexibility index (Phi) is 10.5. The Hall–Kier alpha value is -3.44. The quantitative estimate of drug-likeness (QED) is 0.146. The molecular formula is C23H27NO9S. The molecule has 0 bridgehead atoms. The van der Waals surface area contributed by atoms with Gasteiger partial charge in [0.25, 0.3) is 5.09 Å². The van der Waals surface area contributed by atoms with Crippen LogP contribution in [0.5, 0.6) is 0 Å². The maximum absolute atomic E-state index is 12.1. The minimum atomic E-state index is -3.38. The lowest BCUT2D eigenvalue weighted by Gasteiger charge is -2.16. The van der Waals surface area contributed by atoms with E-state index in [9.17, 15) is 28.4 Å². The Morgan fingerprint density at radius 3 is 2.12 bits per heavy atom. The van der Waals surface area contributed by atoms with Gasteiger partial charge in [0.1, 0.15) is 6.61 Å². The molecule has 2 aromatic rings. The number of nitrogens with zero attached hydrogens (tertiary/aromatic N) is 1. The summed E-state index contributed by atoms with van der Waals surface area (Å²) < 4.78 is 33.9. The number of carbonyl (C=O) groups excluding carboxylic acids is 1. The van der Waals surface area contributed by atoms with Crippen LogP contribution in [0.4, 0.5) is 4.79 Å². The summed E-state index contributed by atoms with van der Waals surface area (Å²) in [6, 6.07) is 15.1. The van der Waals surface area contributed by atoms with E-state index in [1.807, 2.05) is 6.07 Å². The van der Waals surface area contributed by atoms with E-state index in [1.54, 1.807) is 36.4 Å². The smallest absolute Gasteiger partial charge is 0.434 e. The molecule has 2 aromatic carbocycles. The van der Waals surface area contributed by atoms with E-state index in [1.165, 1.54) is 12.1 Å². The van der Waals surface area contributed by atoms with Crippen LogP contribution in [-0.4, -0.2) is 57.4 Å². The number of hydrogen-bond acceptors (Lipinski definition) is 9. The van der Waals surface area contributed by atoms with Crippen LogP contribution in [0.25, 0.3) is 11.1 Å². The molecule has 0 saturated heterocycles. The first-order valence-corrected chi connectivity index (χ1v) is 12.4. The first-order valence-electron chi connectivity index (χ1n) is 10.5. The first kappa shape index (κ1) is 26.8. The van der Waals surface area contributed by atoms with Crippen molar-refractivity contribution in [3.63, 3.8) is 0 Å². The molecule has 0 unspecified atom stereocenters. The van der Waals surface area contributed by atoms with Crippen molar-refractivity contribution in [1.82, 2.24) is 0 Å². The monoisotopic (exact) mass is 493 g/mol. The lowest BCUT2D eigenvalue weighted by Crippen LogP contribution is -2.12. The number of rotatable bonds is 13. The van der Waals surface area contributed by atoms with E-state index in [-0.39, 0.29) is 31.3 Å². The zero-order chi connectivity index (χ0) is 25.0. The molecule has 34 heavy (non-hydrogen) atoms. The second-order valence-electron chi connectivity index (χ2n) is 7.28. The van der Waals surface area contributed by atoms with Crippen LogP contribution in [0.2, 0.25) is 0 Å². The largest absolute Gasteiger partial charge is 0.508 e. The molecule has 0 aliphatic heterocycles. The summed E-state index contributed by atoms with van der Waals surface area (Å²) in [7, 11) is -3.38. The zero-order valence-corrected chi connectivity index (χ0v) is 19.5. The summed E-state index contributed by atoms with van der Waals surface area (Å²) in [6.07, 6.45) is 1.71. The number of carbonyl (C=O) groups is 1. The average Bonchev–Trinajstić information content (AvgIpc) is 2.81. The average molecular weight is 494 g/mol. The zero-order valence-electron chi connectivity index (χ0n) is 18.7. The van der Waals surface area contributed by atoms with Gasteiger partial charge < -0.3 is 19.4 Å². The van der Waals surface area contributed by atoms with Crippen molar-refractivity contribution in [2.75, 3.05) is 32.7 Å². The molecule has 0 aliphatic carbocycles. The third-order valence-corrected chi connectivity index (χ3v) is 5.94. The SMILES string of the molecule is CS(=O)(=O)c1ccc(/C(COC(=O)OCCCCCO[N+](=O)[O-])=C(/CO)c2ccccc2)cc1.